The van der Waals surface area contributed by atoms with Crippen molar-refractivity contribution in [2.45, 2.75) is 39.5 Å². The third-order valence-corrected chi connectivity index (χ3v) is 2.35. The molecule has 14 heavy (non-hydrogen) atoms. The highest BCUT2D eigenvalue weighted by atomic mass is 15.2. The van der Waals surface area contributed by atoms with E-state index in [1.54, 1.807) is 0 Å². The molecule has 0 saturated heterocycles. The molecule has 0 saturated carbocycles. The summed E-state index contributed by atoms with van der Waals surface area (Å²) in [5, 5.41) is 0. The zero-order valence-electron chi connectivity index (χ0n) is 9.17. The Morgan fingerprint density at radius 2 is 2.21 bits per heavy atom. The smallest absolute Gasteiger partial charge is 0.143 e. The highest BCUT2D eigenvalue weighted by molar-refractivity contribution is 5.48. The molecule has 1 aromatic rings. The van der Waals surface area contributed by atoms with Gasteiger partial charge in [0.2, 0.25) is 0 Å². The lowest BCUT2D eigenvalue weighted by molar-refractivity contribution is 0.815. The van der Waals surface area contributed by atoms with Crippen LogP contribution in [0.2, 0.25) is 0 Å². The molecule has 3 heteroatoms. The predicted octanol–water partition coefficient (Wildman–Crippen LogP) is 2.44. The van der Waals surface area contributed by atoms with Gasteiger partial charge in [-0.25, -0.2) is 10.8 Å². The average Bonchev–Trinajstić information content (AvgIpc) is 2.18. The third-order valence-electron chi connectivity index (χ3n) is 2.35. The van der Waals surface area contributed by atoms with E-state index in [0.29, 0.717) is 5.92 Å². The maximum atomic E-state index is 5.44. The van der Waals surface area contributed by atoms with Crippen molar-refractivity contribution in [1.29, 1.82) is 0 Å². The fourth-order valence-corrected chi connectivity index (χ4v) is 1.69. The van der Waals surface area contributed by atoms with E-state index in [4.69, 9.17) is 5.84 Å². The van der Waals surface area contributed by atoms with Gasteiger partial charge < -0.3 is 5.43 Å². The summed E-state index contributed by atoms with van der Waals surface area (Å²) in [6, 6.07) is 2.08. The highest BCUT2D eigenvalue weighted by Gasteiger charge is 2.10. The van der Waals surface area contributed by atoms with E-state index >= 15 is 0 Å². The SMILES string of the molecule is CCCc1c(C(C)C)ccnc1NN. The summed E-state index contributed by atoms with van der Waals surface area (Å²) in [5.41, 5.74) is 5.26. The van der Waals surface area contributed by atoms with E-state index < -0.39 is 0 Å². The molecule has 0 bridgehead atoms. The Kier molecular flexibility index (Phi) is 3.89. The molecule has 3 nitrogen and oxygen atoms in total. The molecule has 1 rings (SSSR count). The van der Waals surface area contributed by atoms with Crippen molar-refractivity contribution in [3.05, 3.63) is 23.4 Å². The number of rotatable bonds is 4. The van der Waals surface area contributed by atoms with Crippen molar-refractivity contribution in [3.8, 4) is 0 Å². The first-order valence-corrected chi connectivity index (χ1v) is 5.15. The quantitative estimate of drug-likeness (QED) is 0.570. The summed E-state index contributed by atoms with van der Waals surface area (Å²) in [5.74, 6) is 6.78. The average molecular weight is 193 g/mol. The molecule has 0 radical (unpaired) electrons. The number of hydrogen-bond acceptors (Lipinski definition) is 3. The largest absolute Gasteiger partial charge is 0.308 e. The third kappa shape index (κ3) is 2.23. The number of nitrogens with one attached hydrogen (secondary N) is 1. The van der Waals surface area contributed by atoms with Crippen molar-refractivity contribution in [2.75, 3.05) is 5.43 Å². The van der Waals surface area contributed by atoms with Gasteiger partial charge in [-0.2, -0.15) is 0 Å². The van der Waals surface area contributed by atoms with Crippen LogP contribution in [0.3, 0.4) is 0 Å². The monoisotopic (exact) mass is 193 g/mol. The van der Waals surface area contributed by atoms with Gasteiger partial charge in [0.05, 0.1) is 0 Å². The summed E-state index contributed by atoms with van der Waals surface area (Å²) in [6.07, 6.45) is 3.95. The Morgan fingerprint density at radius 1 is 1.50 bits per heavy atom. The number of hydrazine groups is 1. The van der Waals surface area contributed by atoms with E-state index in [-0.39, 0.29) is 0 Å². The Labute approximate surface area is 85.7 Å². The zero-order chi connectivity index (χ0) is 10.6. The van der Waals surface area contributed by atoms with Gasteiger partial charge in [0, 0.05) is 6.20 Å². The van der Waals surface area contributed by atoms with Gasteiger partial charge in [-0.05, 0) is 29.5 Å². The lowest BCUT2D eigenvalue weighted by atomic mass is 9.96. The van der Waals surface area contributed by atoms with E-state index in [1.165, 1.54) is 11.1 Å². The van der Waals surface area contributed by atoms with Crippen LogP contribution in [0.4, 0.5) is 5.82 Å². The Bertz CT molecular complexity index is 295. The van der Waals surface area contributed by atoms with Gasteiger partial charge in [0.15, 0.2) is 0 Å². The molecular formula is C11H19N3. The van der Waals surface area contributed by atoms with Crippen LogP contribution < -0.4 is 11.3 Å². The second kappa shape index (κ2) is 4.96. The van der Waals surface area contributed by atoms with E-state index in [9.17, 15) is 0 Å². The topological polar surface area (TPSA) is 50.9 Å². The number of nitrogens with two attached hydrogens (primary N) is 1. The van der Waals surface area contributed by atoms with Gasteiger partial charge in [0.1, 0.15) is 5.82 Å². The van der Waals surface area contributed by atoms with Crippen molar-refractivity contribution in [2.24, 2.45) is 5.84 Å². The molecule has 0 aromatic carbocycles. The van der Waals surface area contributed by atoms with Gasteiger partial charge in [-0.15, -0.1) is 0 Å². The fraction of sp³-hybridized carbons (Fsp3) is 0.545. The zero-order valence-corrected chi connectivity index (χ0v) is 9.17. The minimum Gasteiger partial charge on any atom is -0.308 e. The first-order chi connectivity index (χ1) is 6.70. The van der Waals surface area contributed by atoms with E-state index in [1.807, 2.05) is 6.20 Å². The Balaban J connectivity index is 3.13. The van der Waals surface area contributed by atoms with Crippen LogP contribution in [0, 0.1) is 0 Å². The number of pyridine rings is 1. The molecule has 3 N–H and O–H groups in total. The number of nitrogen functional groups attached to an aromatic ring is 1. The second-order valence-electron chi connectivity index (χ2n) is 3.78. The van der Waals surface area contributed by atoms with E-state index in [2.05, 4.69) is 37.2 Å². The molecular weight excluding hydrogens is 174 g/mol. The number of hydrogen-bond donors (Lipinski definition) is 2. The van der Waals surface area contributed by atoms with Crippen molar-refractivity contribution >= 4 is 5.82 Å². The maximum absolute atomic E-state index is 5.44. The summed E-state index contributed by atoms with van der Waals surface area (Å²) < 4.78 is 0. The lowest BCUT2D eigenvalue weighted by Gasteiger charge is -2.15. The summed E-state index contributed by atoms with van der Waals surface area (Å²) in [6.45, 7) is 6.54. The molecule has 1 aromatic heterocycles. The van der Waals surface area contributed by atoms with Crippen LogP contribution >= 0.6 is 0 Å². The second-order valence-corrected chi connectivity index (χ2v) is 3.78. The van der Waals surface area contributed by atoms with Gasteiger partial charge >= 0.3 is 0 Å². The Hall–Kier alpha value is -1.09. The standard InChI is InChI=1S/C11H19N3/c1-4-5-10-9(8(2)3)6-7-13-11(10)14-12/h6-8H,4-5,12H2,1-3H3,(H,13,14). The van der Waals surface area contributed by atoms with Crippen LogP contribution in [-0.4, -0.2) is 4.98 Å². The van der Waals surface area contributed by atoms with Crippen LogP contribution in [0.5, 0.6) is 0 Å². The number of aromatic nitrogens is 1. The van der Waals surface area contributed by atoms with Gasteiger partial charge in [0.25, 0.3) is 0 Å². The van der Waals surface area contributed by atoms with Crippen molar-refractivity contribution in [1.82, 2.24) is 4.98 Å². The minimum absolute atomic E-state index is 0.520. The predicted molar refractivity (Wildman–Crippen MR) is 60.1 cm³/mol. The first kappa shape index (κ1) is 11.0. The van der Waals surface area contributed by atoms with Crippen molar-refractivity contribution in [3.63, 3.8) is 0 Å². The van der Waals surface area contributed by atoms with Gasteiger partial charge in [-0.3, -0.25) is 0 Å². The number of nitrogens with zero attached hydrogens (tertiary/aromatic N) is 1. The molecule has 0 spiro atoms. The van der Waals surface area contributed by atoms with Crippen LogP contribution in [0.1, 0.15) is 44.2 Å². The molecule has 1 heterocycles. The van der Waals surface area contributed by atoms with Crippen LogP contribution in [0.15, 0.2) is 12.3 Å². The molecule has 0 fully saturated rings. The van der Waals surface area contributed by atoms with Crippen LogP contribution in [0.25, 0.3) is 0 Å². The molecule has 0 aliphatic carbocycles. The van der Waals surface area contributed by atoms with Crippen LogP contribution in [-0.2, 0) is 6.42 Å². The highest BCUT2D eigenvalue weighted by Crippen LogP contribution is 2.24. The molecule has 0 aliphatic heterocycles. The fourth-order valence-electron chi connectivity index (χ4n) is 1.69. The first-order valence-electron chi connectivity index (χ1n) is 5.15. The van der Waals surface area contributed by atoms with Crippen molar-refractivity contribution < 1.29 is 0 Å². The number of anilines is 1. The normalized spacial score (nSPS) is 10.6. The summed E-state index contributed by atoms with van der Waals surface area (Å²) >= 11 is 0. The van der Waals surface area contributed by atoms with E-state index in [0.717, 1.165) is 18.7 Å². The molecule has 0 amide bonds. The molecule has 0 aliphatic rings. The van der Waals surface area contributed by atoms with Gasteiger partial charge in [-0.1, -0.05) is 27.2 Å². The molecule has 78 valence electrons. The molecule has 0 unspecified atom stereocenters. The minimum atomic E-state index is 0.520. The summed E-state index contributed by atoms with van der Waals surface area (Å²) in [7, 11) is 0. The lowest BCUT2D eigenvalue weighted by Crippen LogP contribution is -2.13. The summed E-state index contributed by atoms with van der Waals surface area (Å²) in [4.78, 5) is 4.22. The molecule has 0 atom stereocenters. The maximum Gasteiger partial charge on any atom is 0.143 e. The Morgan fingerprint density at radius 3 is 2.71 bits per heavy atom.